The average Bonchev–Trinajstić information content (AvgIpc) is 3.38. The monoisotopic (exact) mass is 613 g/mol. The summed E-state index contributed by atoms with van der Waals surface area (Å²) in [7, 11) is 0. The van der Waals surface area contributed by atoms with Gasteiger partial charge in [-0.05, 0) is 37.5 Å². The number of anilines is 2. The Hall–Kier alpha value is -3.13. The molecule has 2 aliphatic rings. The normalized spacial score (nSPS) is 18.1. The van der Waals surface area contributed by atoms with Crippen LogP contribution in [-0.2, 0) is 28.7 Å². The number of nitrogens with one attached hydrogen (secondary N) is 2. The number of nitrogens with zero attached hydrogens (tertiary/aromatic N) is 5. The molecule has 2 aromatic heterocycles. The first-order valence-corrected chi connectivity index (χ1v) is 13.9. The van der Waals surface area contributed by atoms with Crippen LogP contribution in [0.15, 0.2) is 23.0 Å². The third kappa shape index (κ3) is 5.94. The van der Waals surface area contributed by atoms with E-state index in [1.807, 2.05) is 24.8 Å². The molecule has 0 saturated carbocycles. The Kier molecular flexibility index (Phi) is 8.33. The molecular formula is C26H28Cl2F3N7O3. The highest BCUT2D eigenvalue weighted by Crippen LogP contribution is 2.39. The van der Waals surface area contributed by atoms with E-state index in [-0.39, 0.29) is 34.6 Å². The Morgan fingerprint density at radius 1 is 1.27 bits per heavy atom. The maximum absolute atomic E-state index is 13.9. The number of halogens is 5. The van der Waals surface area contributed by atoms with E-state index in [1.54, 1.807) is 4.57 Å². The summed E-state index contributed by atoms with van der Waals surface area (Å²) in [4.78, 5) is 33.8. The molecule has 41 heavy (non-hydrogen) atoms. The standard InChI is InChI=1S/C26H28Cl2F3N7O3/c1-3-20-22(36-7-6-32-14(2)12-36)24(40)38-25(34-23(35-38)15-4-8-41-9-5-15)37(20)13-21(39)33-19-11-17(27)16(10-18(19)28)26(29,30)31/h4,10-11,14,32H,3,5-9,12-13H2,1-2H3,(H,33,39)/t14-/m1/s1. The van der Waals surface area contributed by atoms with Crippen LogP contribution in [0.25, 0.3) is 11.4 Å². The van der Waals surface area contributed by atoms with Gasteiger partial charge in [0.25, 0.3) is 5.56 Å². The molecule has 220 valence electrons. The average molecular weight is 614 g/mol. The minimum absolute atomic E-state index is 0.0737. The zero-order valence-electron chi connectivity index (χ0n) is 22.3. The van der Waals surface area contributed by atoms with Gasteiger partial charge in [0.15, 0.2) is 5.82 Å². The lowest BCUT2D eigenvalue weighted by Gasteiger charge is -2.34. The second kappa shape index (κ2) is 11.6. The Bertz CT molecular complexity index is 1590. The molecular weight excluding hydrogens is 586 g/mol. The number of amides is 1. The topological polar surface area (TPSA) is 106 Å². The SMILES string of the molecule is CCc1c(N2CCN[C@H](C)C2)c(=O)n2nc(C3=CCOCC3)nc2n1CC(=O)Nc1cc(Cl)c(C(F)(F)F)cc1Cl. The van der Waals surface area contributed by atoms with Gasteiger partial charge >= 0.3 is 6.18 Å². The summed E-state index contributed by atoms with van der Waals surface area (Å²) in [5, 5.41) is 9.52. The Morgan fingerprint density at radius 2 is 2.05 bits per heavy atom. The molecule has 2 aliphatic heterocycles. The highest BCUT2D eigenvalue weighted by Gasteiger charge is 2.34. The number of aromatic nitrogens is 4. The number of piperazine rings is 1. The molecule has 3 aromatic rings. The van der Waals surface area contributed by atoms with Gasteiger partial charge in [-0.25, -0.2) is 0 Å². The molecule has 0 spiro atoms. The molecule has 15 heteroatoms. The summed E-state index contributed by atoms with van der Waals surface area (Å²) < 4.78 is 47.9. The number of hydrogen-bond donors (Lipinski definition) is 2. The maximum Gasteiger partial charge on any atom is 0.417 e. The van der Waals surface area contributed by atoms with E-state index in [4.69, 9.17) is 27.9 Å². The van der Waals surface area contributed by atoms with Crippen LogP contribution < -0.4 is 21.1 Å². The zero-order valence-corrected chi connectivity index (χ0v) is 23.8. The molecule has 5 rings (SSSR count). The van der Waals surface area contributed by atoms with Crippen molar-refractivity contribution >= 4 is 51.8 Å². The number of fused-ring (bicyclic) bond motifs is 1. The summed E-state index contributed by atoms with van der Waals surface area (Å²) in [6, 6.07) is 1.77. The van der Waals surface area contributed by atoms with Crippen LogP contribution >= 0.6 is 23.2 Å². The molecule has 1 saturated heterocycles. The molecule has 1 amide bonds. The fourth-order valence-electron chi connectivity index (χ4n) is 5.12. The number of alkyl halides is 3. The van der Waals surface area contributed by atoms with E-state index in [0.717, 1.165) is 11.6 Å². The van der Waals surface area contributed by atoms with Crippen LogP contribution in [-0.4, -0.2) is 64.0 Å². The van der Waals surface area contributed by atoms with Crippen LogP contribution in [0.3, 0.4) is 0 Å². The Morgan fingerprint density at radius 3 is 2.71 bits per heavy atom. The largest absolute Gasteiger partial charge is 0.417 e. The number of carbonyl (C=O) groups is 1. The quantitative estimate of drug-likeness (QED) is 0.432. The molecule has 0 aliphatic carbocycles. The predicted octanol–water partition coefficient (Wildman–Crippen LogP) is 4.02. The smallest absolute Gasteiger partial charge is 0.377 e. The van der Waals surface area contributed by atoms with Crippen LogP contribution in [0.4, 0.5) is 24.5 Å². The van der Waals surface area contributed by atoms with Crippen LogP contribution in [0.1, 0.15) is 37.4 Å². The van der Waals surface area contributed by atoms with Crippen LogP contribution in [0.5, 0.6) is 0 Å². The van der Waals surface area contributed by atoms with Crippen molar-refractivity contribution in [2.75, 3.05) is 43.1 Å². The maximum atomic E-state index is 13.9. The van der Waals surface area contributed by atoms with Crippen molar-refractivity contribution in [3.63, 3.8) is 0 Å². The lowest BCUT2D eigenvalue weighted by Crippen LogP contribution is -2.51. The lowest BCUT2D eigenvalue weighted by molar-refractivity contribution is -0.137. The first-order valence-electron chi connectivity index (χ1n) is 13.1. The van der Waals surface area contributed by atoms with Gasteiger partial charge in [0.05, 0.1) is 40.2 Å². The van der Waals surface area contributed by atoms with Gasteiger partial charge in [-0.15, -0.1) is 5.10 Å². The predicted molar refractivity (Wildman–Crippen MR) is 150 cm³/mol. The summed E-state index contributed by atoms with van der Waals surface area (Å²) >= 11 is 11.9. The van der Waals surface area contributed by atoms with Crippen molar-refractivity contribution in [2.24, 2.45) is 0 Å². The number of carbonyl (C=O) groups excluding carboxylic acids is 1. The molecule has 0 unspecified atom stereocenters. The Labute approximate surface area is 243 Å². The van der Waals surface area contributed by atoms with Gasteiger partial charge in [-0.1, -0.05) is 36.2 Å². The fraction of sp³-hybridized carbons (Fsp3) is 0.462. The van der Waals surface area contributed by atoms with E-state index in [0.29, 0.717) is 69.0 Å². The number of benzene rings is 1. The van der Waals surface area contributed by atoms with E-state index >= 15 is 0 Å². The molecule has 10 nitrogen and oxygen atoms in total. The van der Waals surface area contributed by atoms with Crippen LogP contribution in [0.2, 0.25) is 10.0 Å². The van der Waals surface area contributed by atoms with E-state index in [2.05, 4.69) is 20.7 Å². The Balaban J connectivity index is 1.58. The lowest BCUT2D eigenvalue weighted by atomic mass is 10.1. The minimum atomic E-state index is -4.70. The van der Waals surface area contributed by atoms with Gasteiger partial charge in [0.1, 0.15) is 12.2 Å². The highest BCUT2D eigenvalue weighted by atomic mass is 35.5. The van der Waals surface area contributed by atoms with Crippen molar-refractivity contribution in [3.8, 4) is 0 Å². The van der Waals surface area contributed by atoms with E-state index in [9.17, 15) is 22.8 Å². The van der Waals surface area contributed by atoms with Gasteiger partial charge in [-0.2, -0.15) is 22.7 Å². The van der Waals surface area contributed by atoms with E-state index in [1.165, 1.54) is 4.52 Å². The van der Waals surface area contributed by atoms with Crippen molar-refractivity contribution in [1.82, 2.24) is 24.5 Å². The third-order valence-corrected chi connectivity index (χ3v) is 7.66. The summed E-state index contributed by atoms with van der Waals surface area (Å²) in [5.41, 5.74) is 0.321. The van der Waals surface area contributed by atoms with Crippen molar-refractivity contribution in [1.29, 1.82) is 0 Å². The van der Waals surface area contributed by atoms with E-state index < -0.39 is 22.7 Å². The number of rotatable bonds is 6. The summed E-state index contributed by atoms with van der Waals surface area (Å²) in [6.07, 6.45) is -1.88. The third-order valence-electron chi connectivity index (χ3n) is 7.03. The zero-order chi connectivity index (χ0) is 29.5. The number of ether oxygens (including phenoxy) is 1. The summed E-state index contributed by atoms with van der Waals surface area (Å²) in [5.74, 6) is -0.0599. The minimum Gasteiger partial charge on any atom is -0.377 e. The van der Waals surface area contributed by atoms with Gasteiger partial charge in [-0.3, -0.25) is 9.59 Å². The molecule has 4 heterocycles. The molecule has 1 fully saturated rings. The number of hydrogen-bond acceptors (Lipinski definition) is 7. The first-order chi connectivity index (χ1) is 19.5. The first kappa shape index (κ1) is 29.4. The molecule has 1 aromatic carbocycles. The fourth-order valence-corrected chi connectivity index (χ4v) is 5.61. The second-order valence-electron chi connectivity index (χ2n) is 9.90. The summed E-state index contributed by atoms with van der Waals surface area (Å²) in [6.45, 7) is 6.30. The van der Waals surface area contributed by atoms with Gasteiger partial charge in [0.2, 0.25) is 11.7 Å². The van der Waals surface area contributed by atoms with Crippen molar-refractivity contribution < 1.29 is 22.7 Å². The molecule has 0 radical (unpaired) electrons. The van der Waals surface area contributed by atoms with Gasteiger partial charge in [0, 0.05) is 25.7 Å². The highest BCUT2D eigenvalue weighted by molar-refractivity contribution is 6.36. The van der Waals surface area contributed by atoms with Gasteiger partial charge < -0.3 is 24.8 Å². The second-order valence-corrected chi connectivity index (χ2v) is 10.7. The molecule has 1 atom stereocenters. The van der Waals surface area contributed by atoms with Crippen molar-refractivity contribution in [2.45, 2.75) is 45.5 Å². The van der Waals surface area contributed by atoms with Crippen LogP contribution in [0, 0.1) is 0 Å². The van der Waals surface area contributed by atoms with Crippen molar-refractivity contribution in [3.05, 3.63) is 55.7 Å². The molecule has 0 bridgehead atoms. The molecule has 2 N–H and O–H groups in total.